The van der Waals surface area contributed by atoms with E-state index in [1.165, 1.54) is 0 Å². The minimum Gasteiger partial charge on any atom is -0.479 e. The van der Waals surface area contributed by atoms with Crippen molar-refractivity contribution in [1.29, 1.82) is 0 Å². The number of amides is 4. The van der Waals surface area contributed by atoms with Crippen LogP contribution in [0, 0.1) is 11.8 Å². The molecule has 2 unspecified atom stereocenters. The van der Waals surface area contributed by atoms with Gasteiger partial charge in [-0.25, -0.2) is 28.8 Å². The number of carboxylic acids is 2. The van der Waals surface area contributed by atoms with Crippen LogP contribution >= 0.6 is 0 Å². The van der Waals surface area contributed by atoms with E-state index in [9.17, 15) is 39.0 Å². The Bertz CT molecular complexity index is 725. The van der Waals surface area contributed by atoms with Crippen LogP contribution in [0.15, 0.2) is 0 Å². The summed E-state index contributed by atoms with van der Waals surface area (Å²) in [6.07, 6.45) is -4.83. The molecule has 4 amide bonds. The normalized spacial score (nSPS) is 12.3. The number of hydrogen-bond acceptors (Lipinski definition) is 10. The van der Waals surface area contributed by atoms with Crippen LogP contribution in [-0.2, 0) is 28.9 Å². The average Bonchev–Trinajstić information content (AvgIpc) is 2.77. The topological polar surface area (TPSA) is 232 Å². The first kappa shape index (κ1) is 32.3. The van der Waals surface area contributed by atoms with Crippen LogP contribution in [0.1, 0.15) is 40.5 Å². The van der Waals surface area contributed by atoms with Gasteiger partial charge in [-0.15, -0.1) is 0 Å². The summed E-state index contributed by atoms with van der Waals surface area (Å²) in [5, 5.41) is 36.5. The second-order valence-corrected chi connectivity index (χ2v) is 8.57. The van der Waals surface area contributed by atoms with E-state index in [1.807, 2.05) is 0 Å². The number of carbonyl (C=O) groups is 6. The molecule has 0 radical (unpaired) electrons. The van der Waals surface area contributed by atoms with E-state index >= 15 is 0 Å². The minimum absolute atomic E-state index is 0.0526. The van der Waals surface area contributed by atoms with Crippen molar-refractivity contribution in [2.75, 3.05) is 26.2 Å². The lowest BCUT2D eigenvalue weighted by Crippen LogP contribution is -2.47. The fourth-order valence-electron chi connectivity index (χ4n) is 2.57. The number of carboxylic acid groups (broad SMARTS) is 2. The monoisotopic (exact) mass is 522 g/mol. The summed E-state index contributed by atoms with van der Waals surface area (Å²) >= 11 is 0. The van der Waals surface area contributed by atoms with Crippen molar-refractivity contribution in [2.45, 2.75) is 52.7 Å². The molecular formula is C20H34N4O12. The molecule has 0 aromatic rings. The number of nitrogens with zero attached hydrogens (tertiary/aromatic N) is 2. The van der Waals surface area contributed by atoms with Crippen molar-refractivity contribution >= 4 is 35.9 Å². The minimum atomic E-state index is -1.85. The molecule has 206 valence electrons. The van der Waals surface area contributed by atoms with Gasteiger partial charge < -0.3 is 39.9 Å². The molecule has 0 heterocycles. The summed E-state index contributed by atoms with van der Waals surface area (Å²) in [7, 11) is 0. The van der Waals surface area contributed by atoms with Gasteiger partial charge in [-0.1, -0.05) is 27.7 Å². The van der Waals surface area contributed by atoms with Crippen molar-refractivity contribution in [1.82, 2.24) is 20.8 Å². The smallest absolute Gasteiger partial charge is 0.350 e. The molecule has 6 N–H and O–H groups in total. The van der Waals surface area contributed by atoms with Crippen LogP contribution in [0.5, 0.6) is 0 Å². The molecule has 0 aromatic carbocycles. The van der Waals surface area contributed by atoms with Gasteiger partial charge in [-0.2, -0.15) is 11.0 Å². The van der Waals surface area contributed by atoms with Crippen LogP contribution in [0.2, 0.25) is 0 Å². The summed E-state index contributed by atoms with van der Waals surface area (Å²) < 4.78 is 0. The number of aliphatic hydroxyl groups is 2. The fourth-order valence-corrected chi connectivity index (χ4v) is 2.57. The van der Waals surface area contributed by atoms with Crippen molar-refractivity contribution in [3.63, 3.8) is 0 Å². The number of hydrogen-bond donors (Lipinski definition) is 6. The van der Waals surface area contributed by atoms with E-state index < -0.39 is 74.1 Å². The molecular weight excluding hydrogens is 488 g/mol. The van der Waals surface area contributed by atoms with E-state index in [-0.39, 0.29) is 24.9 Å². The highest BCUT2D eigenvalue weighted by Crippen LogP contribution is 2.04. The van der Waals surface area contributed by atoms with Crippen LogP contribution in [0.3, 0.4) is 0 Å². The highest BCUT2D eigenvalue weighted by molar-refractivity contribution is 5.81. The summed E-state index contributed by atoms with van der Waals surface area (Å²) in [6, 6.07) is -1.97. The predicted molar refractivity (Wildman–Crippen MR) is 119 cm³/mol. The lowest BCUT2D eigenvalue weighted by atomic mass is 10.2. The van der Waals surface area contributed by atoms with Crippen molar-refractivity contribution in [3.05, 3.63) is 0 Å². The average molecular weight is 523 g/mol. The molecule has 0 saturated carbocycles. The van der Waals surface area contributed by atoms with Gasteiger partial charge in [-0.3, -0.25) is 0 Å². The Kier molecular flexibility index (Phi) is 14.5. The Morgan fingerprint density at radius 3 is 1.19 bits per heavy atom. The predicted octanol–water partition coefficient (Wildman–Crippen LogP) is -1.09. The lowest BCUT2D eigenvalue weighted by molar-refractivity contribution is -0.156. The molecule has 36 heavy (non-hydrogen) atoms. The number of carbonyl (C=O) groups excluding carboxylic acids is 4. The van der Waals surface area contributed by atoms with E-state index in [4.69, 9.17) is 10.2 Å². The SMILES string of the molecule is CC(C)CN(CC(O)C(=O)O)C(=O)NOC(=O)CCC(=O)ONC(=O)N(CC(C)C)CC(O)C(=O)O. The van der Waals surface area contributed by atoms with Gasteiger partial charge in [0.15, 0.2) is 12.2 Å². The van der Waals surface area contributed by atoms with Gasteiger partial charge in [0, 0.05) is 13.1 Å². The molecule has 0 fully saturated rings. The first-order valence-corrected chi connectivity index (χ1v) is 10.9. The summed E-state index contributed by atoms with van der Waals surface area (Å²) in [4.78, 5) is 80.5. The summed E-state index contributed by atoms with van der Waals surface area (Å²) in [6.45, 7) is 5.94. The zero-order valence-corrected chi connectivity index (χ0v) is 20.5. The molecule has 0 aliphatic heterocycles. The molecule has 0 saturated heterocycles. The van der Waals surface area contributed by atoms with Gasteiger partial charge in [0.05, 0.1) is 25.9 Å². The van der Waals surface area contributed by atoms with E-state index in [0.717, 1.165) is 9.80 Å². The Balaban J connectivity index is 4.62. The molecule has 0 spiro atoms. The number of nitrogens with one attached hydrogen (secondary N) is 2. The lowest BCUT2D eigenvalue weighted by Gasteiger charge is -2.25. The van der Waals surface area contributed by atoms with Gasteiger partial charge >= 0.3 is 35.9 Å². The molecule has 0 aliphatic carbocycles. The largest absolute Gasteiger partial charge is 0.479 e. The quantitative estimate of drug-likeness (QED) is 0.158. The van der Waals surface area contributed by atoms with Gasteiger partial charge in [0.25, 0.3) is 0 Å². The first-order valence-electron chi connectivity index (χ1n) is 10.9. The molecule has 0 aromatic heterocycles. The summed E-state index contributed by atoms with van der Waals surface area (Å²) in [5.41, 5.74) is 3.60. The second-order valence-electron chi connectivity index (χ2n) is 8.57. The molecule has 16 heteroatoms. The molecule has 2 atom stereocenters. The number of rotatable bonds is 13. The third-order valence-corrected chi connectivity index (χ3v) is 4.14. The fraction of sp³-hybridized carbons (Fsp3) is 0.700. The highest BCUT2D eigenvalue weighted by atomic mass is 16.7. The molecule has 0 aliphatic rings. The molecule has 0 rings (SSSR count). The molecule has 16 nitrogen and oxygen atoms in total. The number of hydroxylamine groups is 2. The number of aliphatic hydroxyl groups excluding tert-OH is 2. The van der Waals surface area contributed by atoms with Crippen LogP contribution < -0.4 is 11.0 Å². The molecule has 0 bridgehead atoms. The van der Waals surface area contributed by atoms with Gasteiger partial charge in [-0.05, 0) is 11.8 Å². The zero-order valence-electron chi connectivity index (χ0n) is 20.5. The van der Waals surface area contributed by atoms with E-state index in [1.54, 1.807) is 38.7 Å². The Labute approximate surface area is 207 Å². The maximum atomic E-state index is 12.2. The van der Waals surface area contributed by atoms with Crippen LogP contribution in [-0.4, -0.2) is 105 Å². The first-order chi connectivity index (χ1) is 16.6. The van der Waals surface area contributed by atoms with Gasteiger partial charge in [0.2, 0.25) is 0 Å². The van der Waals surface area contributed by atoms with Crippen LogP contribution in [0.25, 0.3) is 0 Å². The highest BCUT2D eigenvalue weighted by Gasteiger charge is 2.25. The Morgan fingerprint density at radius 2 is 0.944 bits per heavy atom. The number of urea groups is 2. The zero-order chi connectivity index (χ0) is 28.0. The third-order valence-electron chi connectivity index (χ3n) is 4.14. The van der Waals surface area contributed by atoms with Crippen LogP contribution in [0.4, 0.5) is 9.59 Å². The van der Waals surface area contributed by atoms with Crippen molar-refractivity contribution < 1.29 is 58.9 Å². The maximum absolute atomic E-state index is 12.2. The summed E-state index contributed by atoms with van der Waals surface area (Å²) in [5.74, 6) is -5.38. The standard InChI is InChI=1S/C20H34N4O12/c1-11(2)7-23(9-13(25)17(29)30)19(33)21-35-15(27)5-6-16(28)36-22-20(34)24(8-12(3)4)10-14(26)18(31)32/h11-14,25-26H,5-10H2,1-4H3,(H,21,33)(H,22,34)(H,29,30)(H,31,32). The van der Waals surface area contributed by atoms with E-state index in [0.29, 0.717) is 0 Å². The Morgan fingerprint density at radius 1 is 0.639 bits per heavy atom. The second kappa shape index (κ2) is 16.1. The number of aliphatic carboxylic acids is 2. The van der Waals surface area contributed by atoms with E-state index in [2.05, 4.69) is 9.68 Å². The van der Waals surface area contributed by atoms with Gasteiger partial charge in [0.1, 0.15) is 0 Å². The Hall–Kier alpha value is -3.66. The third kappa shape index (κ3) is 13.9. The van der Waals surface area contributed by atoms with Crippen molar-refractivity contribution in [2.24, 2.45) is 11.8 Å². The van der Waals surface area contributed by atoms with Crippen molar-refractivity contribution in [3.8, 4) is 0 Å². The maximum Gasteiger partial charge on any atom is 0.350 e.